The number of aliphatic hydroxyl groups is 1. The van der Waals surface area contributed by atoms with Crippen LogP contribution in [0.4, 0.5) is 0 Å². The molecule has 0 heterocycles. The molecule has 0 saturated carbocycles. The van der Waals surface area contributed by atoms with Crippen LogP contribution in [0.25, 0.3) is 0 Å². The lowest BCUT2D eigenvalue weighted by Crippen LogP contribution is -1.98. The summed E-state index contributed by atoms with van der Waals surface area (Å²) in [4.78, 5) is 0. The zero-order valence-corrected chi connectivity index (χ0v) is 8.34. The number of hydrogen-bond donors (Lipinski definition) is 1. The van der Waals surface area contributed by atoms with Gasteiger partial charge in [0.05, 0.1) is 0 Å². The first-order valence-electron chi connectivity index (χ1n) is 4.20. The van der Waals surface area contributed by atoms with Gasteiger partial charge in [0, 0.05) is 17.0 Å². The number of fused-ring (bicyclic) bond motifs is 1. The lowest BCUT2D eigenvalue weighted by atomic mass is 10.0. The second-order valence-corrected chi connectivity index (χ2v) is 4.18. The standard InChI is InChI=1S/C10H11BrO/c11-9-4-3-7-1-2-8(6-12)10(7)5-9/h3-5,8,12H,1-2,6H2. The van der Waals surface area contributed by atoms with E-state index in [0.29, 0.717) is 5.92 Å². The largest absolute Gasteiger partial charge is 0.396 e. The van der Waals surface area contributed by atoms with E-state index < -0.39 is 0 Å². The fraction of sp³-hybridized carbons (Fsp3) is 0.400. The maximum atomic E-state index is 9.09. The van der Waals surface area contributed by atoms with Crippen LogP contribution < -0.4 is 0 Å². The molecule has 0 amide bonds. The van der Waals surface area contributed by atoms with Gasteiger partial charge in [-0.05, 0) is 36.1 Å². The van der Waals surface area contributed by atoms with Crippen molar-refractivity contribution in [2.24, 2.45) is 0 Å². The summed E-state index contributed by atoms with van der Waals surface area (Å²) in [5.41, 5.74) is 2.73. The fourth-order valence-corrected chi connectivity index (χ4v) is 2.23. The Kier molecular flexibility index (Phi) is 2.20. The van der Waals surface area contributed by atoms with Crippen molar-refractivity contribution in [1.29, 1.82) is 0 Å². The van der Waals surface area contributed by atoms with Crippen LogP contribution in [0.3, 0.4) is 0 Å². The van der Waals surface area contributed by atoms with Crippen molar-refractivity contribution in [3.63, 3.8) is 0 Å². The Labute approximate surface area is 80.5 Å². The molecule has 1 unspecified atom stereocenters. The average Bonchev–Trinajstić information content (AvgIpc) is 2.46. The molecule has 0 bridgehead atoms. The summed E-state index contributed by atoms with van der Waals surface area (Å²) in [6.07, 6.45) is 2.22. The van der Waals surface area contributed by atoms with E-state index in [2.05, 4.69) is 34.1 Å². The molecule has 1 aliphatic carbocycles. The van der Waals surface area contributed by atoms with Gasteiger partial charge in [-0.2, -0.15) is 0 Å². The third kappa shape index (κ3) is 1.29. The number of halogens is 1. The first-order chi connectivity index (χ1) is 5.81. The van der Waals surface area contributed by atoms with Gasteiger partial charge in [-0.15, -0.1) is 0 Å². The predicted octanol–water partition coefficient (Wildman–Crippen LogP) is 2.47. The molecule has 0 fully saturated rings. The average molecular weight is 227 g/mol. The third-order valence-electron chi connectivity index (χ3n) is 2.53. The molecule has 1 nitrogen and oxygen atoms in total. The zero-order valence-electron chi connectivity index (χ0n) is 6.76. The van der Waals surface area contributed by atoms with Crippen LogP contribution in [0.2, 0.25) is 0 Å². The normalized spacial score (nSPS) is 21.0. The molecule has 64 valence electrons. The Morgan fingerprint density at radius 3 is 3.08 bits per heavy atom. The summed E-state index contributed by atoms with van der Waals surface area (Å²) >= 11 is 3.44. The Balaban J connectivity index is 2.42. The minimum Gasteiger partial charge on any atom is -0.396 e. The van der Waals surface area contributed by atoms with Gasteiger partial charge in [0.25, 0.3) is 0 Å². The van der Waals surface area contributed by atoms with Crippen LogP contribution in [0.5, 0.6) is 0 Å². The Morgan fingerprint density at radius 1 is 1.50 bits per heavy atom. The highest BCUT2D eigenvalue weighted by Crippen LogP contribution is 2.34. The quantitative estimate of drug-likeness (QED) is 0.781. The zero-order chi connectivity index (χ0) is 8.55. The molecule has 0 aliphatic heterocycles. The van der Waals surface area contributed by atoms with Gasteiger partial charge in [0.15, 0.2) is 0 Å². The molecule has 0 aromatic heterocycles. The van der Waals surface area contributed by atoms with Gasteiger partial charge in [0.1, 0.15) is 0 Å². The lowest BCUT2D eigenvalue weighted by molar-refractivity contribution is 0.265. The highest BCUT2D eigenvalue weighted by molar-refractivity contribution is 9.10. The van der Waals surface area contributed by atoms with E-state index in [4.69, 9.17) is 5.11 Å². The third-order valence-corrected chi connectivity index (χ3v) is 3.02. The molecular weight excluding hydrogens is 216 g/mol. The molecule has 0 saturated heterocycles. The molecule has 1 atom stereocenters. The van der Waals surface area contributed by atoms with Crippen LogP contribution in [-0.4, -0.2) is 11.7 Å². The molecule has 1 aromatic rings. The minimum absolute atomic E-state index is 0.281. The van der Waals surface area contributed by atoms with Gasteiger partial charge in [-0.25, -0.2) is 0 Å². The molecule has 1 aliphatic rings. The van der Waals surface area contributed by atoms with E-state index in [1.807, 2.05) is 0 Å². The van der Waals surface area contributed by atoms with E-state index in [1.165, 1.54) is 11.1 Å². The van der Waals surface area contributed by atoms with Gasteiger partial charge in [-0.1, -0.05) is 22.0 Å². The first kappa shape index (κ1) is 8.27. The Hall–Kier alpha value is -0.340. The SMILES string of the molecule is OCC1CCc2ccc(Br)cc21. The second kappa shape index (κ2) is 3.19. The minimum atomic E-state index is 0.281. The highest BCUT2D eigenvalue weighted by atomic mass is 79.9. The van der Waals surface area contributed by atoms with Crippen LogP contribution in [-0.2, 0) is 6.42 Å². The van der Waals surface area contributed by atoms with Crippen LogP contribution >= 0.6 is 15.9 Å². The summed E-state index contributed by atoms with van der Waals surface area (Å²) in [6.45, 7) is 0.281. The van der Waals surface area contributed by atoms with Crippen LogP contribution in [0.15, 0.2) is 22.7 Å². The summed E-state index contributed by atoms with van der Waals surface area (Å²) < 4.78 is 1.11. The van der Waals surface area contributed by atoms with Gasteiger partial charge < -0.3 is 5.11 Å². The van der Waals surface area contributed by atoms with Crippen LogP contribution in [0.1, 0.15) is 23.5 Å². The number of rotatable bonds is 1. The summed E-state index contributed by atoms with van der Waals surface area (Å²) in [5.74, 6) is 0.373. The summed E-state index contributed by atoms with van der Waals surface area (Å²) in [7, 11) is 0. The molecule has 0 radical (unpaired) electrons. The van der Waals surface area contributed by atoms with Gasteiger partial charge in [0.2, 0.25) is 0 Å². The second-order valence-electron chi connectivity index (χ2n) is 3.26. The fourth-order valence-electron chi connectivity index (χ4n) is 1.85. The van der Waals surface area contributed by atoms with Crippen molar-refractivity contribution in [2.45, 2.75) is 18.8 Å². The highest BCUT2D eigenvalue weighted by Gasteiger charge is 2.21. The van der Waals surface area contributed by atoms with Crippen molar-refractivity contribution in [2.75, 3.05) is 6.61 Å². The van der Waals surface area contributed by atoms with Gasteiger partial charge >= 0.3 is 0 Å². The van der Waals surface area contributed by atoms with Crippen molar-refractivity contribution in [1.82, 2.24) is 0 Å². The summed E-state index contributed by atoms with van der Waals surface area (Å²) in [6, 6.07) is 6.34. The van der Waals surface area contributed by atoms with Crippen LogP contribution in [0, 0.1) is 0 Å². The van der Waals surface area contributed by atoms with Gasteiger partial charge in [-0.3, -0.25) is 0 Å². The molecule has 1 aromatic carbocycles. The van der Waals surface area contributed by atoms with E-state index in [-0.39, 0.29) is 6.61 Å². The van der Waals surface area contributed by atoms with E-state index >= 15 is 0 Å². The number of hydrogen-bond acceptors (Lipinski definition) is 1. The lowest BCUT2D eigenvalue weighted by Gasteiger charge is -2.06. The van der Waals surface area contributed by atoms with E-state index in [1.54, 1.807) is 0 Å². The summed E-state index contributed by atoms with van der Waals surface area (Å²) in [5, 5.41) is 9.09. The molecule has 2 heteroatoms. The number of aliphatic hydroxyl groups excluding tert-OH is 1. The van der Waals surface area contributed by atoms with Crippen molar-refractivity contribution < 1.29 is 5.11 Å². The molecule has 2 rings (SSSR count). The maximum Gasteiger partial charge on any atom is 0.0499 e. The smallest absolute Gasteiger partial charge is 0.0499 e. The first-order valence-corrected chi connectivity index (χ1v) is 4.99. The van der Waals surface area contributed by atoms with Crippen molar-refractivity contribution in [3.05, 3.63) is 33.8 Å². The number of benzene rings is 1. The topological polar surface area (TPSA) is 20.2 Å². The molecular formula is C10H11BrO. The van der Waals surface area contributed by atoms with Crippen molar-refractivity contribution >= 4 is 15.9 Å². The number of aryl methyl sites for hydroxylation is 1. The molecule has 1 N–H and O–H groups in total. The molecule has 0 spiro atoms. The Bertz CT molecular complexity index is 296. The predicted molar refractivity (Wildman–Crippen MR) is 52.3 cm³/mol. The van der Waals surface area contributed by atoms with E-state index in [0.717, 1.165) is 17.3 Å². The Morgan fingerprint density at radius 2 is 2.33 bits per heavy atom. The molecule has 12 heavy (non-hydrogen) atoms. The maximum absolute atomic E-state index is 9.09. The monoisotopic (exact) mass is 226 g/mol. The van der Waals surface area contributed by atoms with Crippen molar-refractivity contribution in [3.8, 4) is 0 Å². The van der Waals surface area contributed by atoms with E-state index in [9.17, 15) is 0 Å².